The molecule has 0 aromatic heterocycles. The molecule has 17 heavy (non-hydrogen) atoms. The summed E-state index contributed by atoms with van der Waals surface area (Å²) in [4.78, 5) is 25.1. The van der Waals surface area contributed by atoms with Gasteiger partial charge in [-0.25, -0.2) is 9.59 Å². The van der Waals surface area contributed by atoms with Crippen molar-refractivity contribution in [2.75, 3.05) is 13.7 Å². The van der Waals surface area contributed by atoms with E-state index in [-0.39, 0.29) is 5.71 Å². The molecule has 0 aliphatic heterocycles. The van der Waals surface area contributed by atoms with Gasteiger partial charge < -0.3 is 15.0 Å². The summed E-state index contributed by atoms with van der Waals surface area (Å²) in [6.45, 7) is -0.448. The highest BCUT2D eigenvalue weighted by molar-refractivity contribution is 6.34. The fourth-order valence-electron chi connectivity index (χ4n) is 1.04. The smallest absolute Gasteiger partial charge is 0.420 e. The molecule has 0 spiro atoms. The van der Waals surface area contributed by atoms with Crippen LogP contribution in [0.2, 0.25) is 0 Å². The maximum Gasteiger partial charge on any atom is 0.420 e. The van der Waals surface area contributed by atoms with Crippen molar-refractivity contribution in [3.05, 3.63) is 41.4 Å². The molecule has 0 bridgehead atoms. The lowest BCUT2D eigenvalue weighted by Gasteiger charge is -2.00. The summed E-state index contributed by atoms with van der Waals surface area (Å²) >= 11 is 0. The van der Waals surface area contributed by atoms with Gasteiger partial charge >= 0.3 is 17.7 Å². The molecule has 88 valence electrons. The van der Waals surface area contributed by atoms with Crippen LogP contribution in [-0.2, 0) is 14.3 Å². The van der Waals surface area contributed by atoms with Crippen LogP contribution in [0.3, 0.4) is 0 Å². The molecule has 1 rings (SSSR count). The van der Waals surface area contributed by atoms with Crippen molar-refractivity contribution in [2.45, 2.75) is 0 Å². The van der Waals surface area contributed by atoms with Gasteiger partial charge in [0.15, 0.2) is 0 Å². The quantitative estimate of drug-likeness (QED) is 0.331. The van der Waals surface area contributed by atoms with Crippen molar-refractivity contribution in [3.8, 4) is 0 Å². The van der Waals surface area contributed by atoms with Crippen LogP contribution in [0, 0.1) is 0 Å². The number of carbonyl (C=O) groups excluding carboxylic acids is 2. The summed E-state index contributed by atoms with van der Waals surface area (Å²) in [7, 11) is 1.13. The first-order chi connectivity index (χ1) is 8.19. The Morgan fingerprint density at radius 2 is 1.94 bits per heavy atom. The molecular weight excluding hydrogens is 224 g/mol. The second-order valence-corrected chi connectivity index (χ2v) is 2.98. The zero-order valence-corrected chi connectivity index (χ0v) is 9.12. The second kappa shape index (κ2) is 6.19. The van der Waals surface area contributed by atoms with E-state index in [2.05, 4.69) is 9.53 Å². The number of esters is 2. The molecule has 0 N–H and O–H groups in total. The Kier molecular flexibility index (Phi) is 4.59. The van der Waals surface area contributed by atoms with Gasteiger partial charge in [-0.15, -0.1) is 0 Å². The Morgan fingerprint density at radius 3 is 2.47 bits per heavy atom. The summed E-state index contributed by atoms with van der Waals surface area (Å²) < 4.78 is 9.09. The van der Waals surface area contributed by atoms with Crippen molar-refractivity contribution in [1.29, 1.82) is 0 Å². The Bertz CT molecular complexity index is 464. The van der Waals surface area contributed by atoms with Crippen LogP contribution < -0.4 is 0 Å². The third kappa shape index (κ3) is 3.55. The minimum absolute atomic E-state index is 0.342. The Hall–Kier alpha value is -2.46. The molecule has 0 radical (unpaired) electrons. The van der Waals surface area contributed by atoms with E-state index < -0.39 is 18.5 Å². The van der Waals surface area contributed by atoms with Gasteiger partial charge in [0.25, 0.3) is 0 Å². The molecule has 0 atom stereocenters. The summed E-state index contributed by atoms with van der Waals surface area (Å²) in [6.07, 6.45) is 0. The molecule has 0 aliphatic rings. The zero-order valence-electron chi connectivity index (χ0n) is 9.12. The van der Waals surface area contributed by atoms with Crippen molar-refractivity contribution in [1.82, 2.24) is 0 Å². The van der Waals surface area contributed by atoms with Gasteiger partial charge in [0.2, 0.25) is 6.61 Å². The number of rotatable bonds is 4. The van der Waals surface area contributed by atoms with Gasteiger partial charge in [-0.2, -0.15) is 4.79 Å². The summed E-state index contributed by atoms with van der Waals surface area (Å²) in [5, 5.41) is 0. The Balaban J connectivity index is 2.60. The van der Waals surface area contributed by atoms with E-state index in [1.165, 1.54) is 0 Å². The normalized spacial score (nSPS) is 9.00. The maximum absolute atomic E-state index is 11.5. The molecule has 0 amide bonds. The monoisotopic (exact) mass is 234 g/mol. The van der Waals surface area contributed by atoms with Gasteiger partial charge in [0, 0.05) is 0 Å². The molecular formula is C11H10N2O4. The molecule has 0 unspecified atom stereocenters. The van der Waals surface area contributed by atoms with Gasteiger partial charge in [0.05, 0.1) is 12.7 Å². The van der Waals surface area contributed by atoms with E-state index in [1.807, 2.05) is 0 Å². The lowest BCUT2D eigenvalue weighted by molar-refractivity contribution is -0.138. The SMILES string of the molecule is COC(=O)C(COC(=O)c1ccccc1)=[N+]=[N-]. The van der Waals surface area contributed by atoms with E-state index in [9.17, 15) is 9.59 Å². The Labute approximate surface area is 97.4 Å². The summed E-state index contributed by atoms with van der Waals surface area (Å²) in [5.74, 6) is -1.47. The van der Waals surface area contributed by atoms with Gasteiger partial charge in [-0.05, 0) is 12.1 Å². The average molecular weight is 234 g/mol. The van der Waals surface area contributed by atoms with E-state index >= 15 is 0 Å². The minimum Gasteiger partial charge on any atom is -0.460 e. The number of hydrogen-bond donors (Lipinski definition) is 0. The number of ether oxygens (including phenoxy) is 2. The Morgan fingerprint density at radius 1 is 1.29 bits per heavy atom. The summed E-state index contributed by atoms with van der Waals surface area (Å²) in [6, 6.07) is 8.24. The highest BCUT2D eigenvalue weighted by atomic mass is 16.5. The van der Waals surface area contributed by atoms with E-state index in [1.54, 1.807) is 30.3 Å². The van der Waals surface area contributed by atoms with Gasteiger partial charge in [0.1, 0.15) is 0 Å². The van der Waals surface area contributed by atoms with Gasteiger partial charge in [-0.1, -0.05) is 18.2 Å². The first kappa shape index (κ1) is 12.6. The molecule has 0 saturated carbocycles. The molecule has 0 saturated heterocycles. The van der Waals surface area contributed by atoms with Crippen molar-refractivity contribution < 1.29 is 23.9 Å². The maximum atomic E-state index is 11.5. The van der Waals surface area contributed by atoms with Gasteiger partial charge in [-0.3, -0.25) is 0 Å². The van der Waals surface area contributed by atoms with Crippen LogP contribution in [0.4, 0.5) is 0 Å². The van der Waals surface area contributed by atoms with Crippen LogP contribution in [0.1, 0.15) is 10.4 Å². The molecule has 1 aromatic rings. The van der Waals surface area contributed by atoms with Crippen LogP contribution >= 0.6 is 0 Å². The van der Waals surface area contributed by atoms with E-state index in [4.69, 9.17) is 10.3 Å². The molecule has 6 heteroatoms. The molecule has 0 aliphatic carbocycles. The number of hydrogen-bond acceptors (Lipinski definition) is 4. The summed E-state index contributed by atoms with van der Waals surface area (Å²) in [5.41, 5.74) is 8.47. The minimum atomic E-state index is -0.853. The third-order valence-corrected chi connectivity index (χ3v) is 1.89. The lowest BCUT2D eigenvalue weighted by Crippen LogP contribution is -2.24. The predicted octanol–water partition coefficient (Wildman–Crippen LogP) is 0.687. The van der Waals surface area contributed by atoms with Crippen molar-refractivity contribution in [2.24, 2.45) is 0 Å². The van der Waals surface area contributed by atoms with Crippen LogP contribution in [-0.4, -0.2) is 36.2 Å². The van der Waals surface area contributed by atoms with Crippen molar-refractivity contribution >= 4 is 17.7 Å². The molecule has 0 fully saturated rings. The first-order valence-corrected chi connectivity index (χ1v) is 4.70. The lowest BCUT2D eigenvalue weighted by atomic mass is 10.2. The zero-order chi connectivity index (χ0) is 12.7. The fourth-order valence-corrected chi connectivity index (χ4v) is 1.04. The fraction of sp³-hybridized carbons (Fsp3) is 0.182. The first-order valence-electron chi connectivity index (χ1n) is 4.70. The van der Waals surface area contributed by atoms with Crippen LogP contribution in [0.15, 0.2) is 30.3 Å². The van der Waals surface area contributed by atoms with E-state index in [0.29, 0.717) is 5.56 Å². The highest BCUT2D eigenvalue weighted by Crippen LogP contribution is 2.00. The third-order valence-electron chi connectivity index (χ3n) is 1.89. The van der Waals surface area contributed by atoms with Crippen molar-refractivity contribution in [3.63, 3.8) is 0 Å². The van der Waals surface area contributed by atoms with Crippen LogP contribution in [0.25, 0.3) is 5.53 Å². The topological polar surface area (TPSA) is 89.0 Å². The predicted molar refractivity (Wildman–Crippen MR) is 57.4 cm³/mol. The number of nitrogens with zero attached hydrogens (tertiary/aromatic N) is 2. The largest absolute Gasteiger partial charge is 0.460 e. The van der Waals surface area contributed by atoms with E-state index in [0.717, 1.165) is 7.11 Å². The number of benzene rings is 1. The highest BCUT2D eigenvalue weighted by Gasteiger charge is 2.23. The number of methoxy groups -OCH3 is 1. The standard InChI is InChI=1S/C11H10N2O4/c1-16-11(15)9(13-12)7-17-10(14)8-5-3-2-4-6-8/h2-6H,7H2,1H3. The molecule has 0 heterocycles. The molecule has 1 aromatic carbocycles. The van der Waals surface area contributed by atoms with Crippen LogP contribution in [0.5, 0.6) is 0 Å². The second-order valence-electron chi connectivity index (χ2n) is 2.98. The number of carbonyl (C=O) groups is 2. The average Bonchev–Trinajstić information content (AvgIpc) is 2.39. The molecule has 6 nitrogen and oxygen atoms in total.